The van der Waals surface area contributed by atoms with E-state index in [2.05, 4.69) is 0 Å². The molecule has 2 rings (SSSR count). The Balaban J connectivity index is 2.28. The molecule has 0 unspecified atom stereocenters. The van der Waals surface area contributed by atoms with Gasteiger partial charge in [-0.05, 0) is 17.7 Å². The Labute approximate surface area is 99.0 Å². The fourth-order valence-electron chi connectivity index (χ4n) is 1.66. The molecule has 5 heteroatoms. The summed E-state index contributed by atoms with van der Waals surface area (Å²) in [5, 5.41) is -2.81. The van der Waals surface area contributed by atoms with E-state index in [0.717, 1.165) is 17.7 Å². The zero-order valence-corrected chi connectivity index (χ0v) is 9.64. The van der Waals surface area contributed by atoms with Gasteiger partial charge >= 0.3 is 10.1 Å². The fourth-order valence-corrected chi connectivity index (χ4v) is 2.16. The highest BCUT2D eigenvalue weighted by atomic mass is 32.2. The summed E-state index contributed by atoms with van der Waals surface area (Å²) < 4.78 is 44.2. The van der Waals surface area contributed by atoms with E-state index in [1.54, 1.807) is 0 Å². The molecule has 1 aliphatic rings. The maximum Gasteiger partial charge on any atom is 0.308 e. The van der Waals surface area contributed by atoms with Crippen LogP contribution in [0.15, 0.2) is 54.6 Å². The van der Waals surface area contributed by atoms with Crippen molar-refractivity contribution in [3.05, 3.63) is 60.2 Å². The molecule has 17 heavy (non-hydrogen) atoms. The molecule has 0 saturated carbocycles. The summed E-state index contributed by atoms with van der Waals surface area (Å²) in [4.78, 5) is 0. The first-order valence-electron chi connectivity index (χ1n) is 5.02. The van der Waals surface area contributed by atoms with Gasteiger partial charge in [-0.25, -0.2) is 4.39 Å². The molecule has 0 amide bonds. The van der Waals surface area contributed by atoms with Crippen molar-refractivity contribution >= 4 is 10.1 Å². The van der Waals surface area contributed by atoms with Gasteiger partial charge in [-0.15, -0.1) is 0 Å². The van der Waals surface area contributed by atoms with Crippen molar-refractivity contribution in [1.29, 1.82) is 0 Å². The van der Waals surface area contributed by atoms with Gasteiger partial charge in [0.1, 0.15) is 0 Å². The molecule has 1 aromatic carbocycles. The number of allylic oxidation sites excluding steroid dienone is 2. The molecule has 90 valence electrons. The van der Waals surface area contributed by atoms with Crippen molar-refractivity contribution < 1.29 is 17.4 Å². The van der Waals surface area contributed by atoms with Gasteiger partial charge in [-0.2, -0.15) is 8.42 Å². The zero-order valence-electron chi connectivity index (χ0n) is 8.82. The lowest BCUT2D eigenvalue weighted by Gasteiger charge is -2.20. The topological polar surface area (TPSA) is 54.4 Å². The Morgan fingerprint density at radius 2 is 1.65 bits per heavy atom. The first-order chi connectivity index (χ1) is 7.92. The van der Waals surface area contributed by atoms with Crippen LogP contribution in [0.25, 0.3) is 0 Å². The second-order valence-electron chi connectivity index (χ2n) is 3.83. The van der Waals surface area contributed by atoms with Crippen LogP contribution in [0.3, 0.4) is 0 Å². The van der Waals surface area contributed by atoms with Crippen LogP contribution in [-0.4, -0.2) is 18.0 Å². The largest absolute Gasteiger partial charge is 0.308 e. The minimum Gasteiger partial charge on any atom is -0.283 e. The number of hydrogen-bond donors (Lipinski definition) is 1. The third kappa shape index (κ3) is 2.30. The van der Waals surface area contributed by atoms with Crippen LogP contribution in [0.4, 0.5) is 4.39 Å². The summed E-state index contributed by atoms with van der Waals surface area (Å²) in [6.45, 7) is 0. The highest BCUT2D eigenvalue weighted by molar-refractivity contribution is 7.87. The quantitative estimate of drug-likeness (QED) is 0.651. The van der Waals surface area contributed by atoms with E-state index in [-0.39, 0.29) is 5.92 Å². The smallest absolute Gasteiger partial charge is 0.283 e. The van der Waals surface area contributed by atoms with Crippen molar-refractivity contribution in [1.82, 2.24) is 0 Å². The number of alkyl halides is 1. The Morgan fingerprint density at radius 1 is 1.12 bits per heavy atom. The van der Waals surface area contributed by atoms with E-state index in [4.69, 9.17) is 4.55 Å². The van der Waals surface area contributed by atoms with Gasteiger partial charge in [-0.1, -0.05) is 42.5 Å². The maximum absolute atomic E-state index is 13.8. The number of benzene rings is 1. The van der Waals surface area contributed by atoms with Gasteiger partial charge < -0.3 is 0 Å². The standard InChI is InChI=1S/C12H11FO3S/c13-12(17(14,15)16)8-6-11(7-9-12)10-4-2-1-3-5-10/h1-9,11H,(H,14,15,16). The van der Waals surface area contributed by atoms with Crippen LogP contribution < -0.4 is 0 Å². The molecule has 0 atom stereocenters. The molecular weight excluding hydrogens is 243 g/mol. The molecule has 1 aromatic rings. The van der Waals surface area contributed by atoms with Gasteiger partial charge in [-0.3, -0.25) is 4.55 Å². The van der Waals surface area contributed by atoms with Crippen LogP contribution >= 0.6 is 0 Å². The van der Waals surface area contributed by atoms with Crippen LogP contribution in [-0.2, 0) is 10.1 Å². The summed E-state index contributed by atoms with van der Waals surface area (Å²) in [6, 6.07) is 9.27. The first-order valence-corrected chi connectivity index (χ1v) is 6.46. The second-order valence-corrected chi connectivity index (χ2v) is 5.40. The van der Waals surface area contributed by atoms with Crippen LogP contribution in [0.5, 0.6) is 0 Å². The average Bonchev–Trinajstić information content (AvgIpc) is 2.30. The highest BCUT2D eigenvalue weighted by Crippen LogP contribution is 2.31. The molecule has 0 bridgehead atoms. The summed E-state index contributed by atoms with van der Waals surface area (Å²) in [6.07, 6.45) is 4.56. The Bertz CT molecular complexity index is 547. The predicted octanol–water partition coefficient (Wildman–Crippen LogP) is 2.45. The summed E-state index contributed by atoms with van der Waals surface area (Å²) in [5.74, 6) is -0.179. The molecule has 0 spiro atoms. The van der Waals surface area contributed by atoms with Crippen molar-refractivity contribution in [3.8, 4) is 0 Å². The minimum absolute atomic E-state index is 0.179. The number of hydrogen-bond acceptors (Lipinski definition) is 2. The predicted molar refractivity (Wildman–Crippen MR) is 62.9 cm³/mol. The molecule has 1 aliphatic carbocycles. The molecule has 0 radical (unpaired) electrons. The third-order valence-electron chi connectivity index (χ3n) is 2.64. The Kier molecular flexibility index (Phi) is 2.89. The summed E-state index contributed by atoms with van der Waals surface area (Å²) >= 11 is 0. The molecule has 1 N–H and O–H groups in total. The van der Waals surface area contributed by atoms with Crippen LogP contribution in [0, 0.1) is 0 Å². The van der Waals surface area contributed by atoms with Gasteiger partial charge in [0.2, 0.25) is 0 Å². The number of rotatable bonds is 2. The lowest BCUT2D eigenvalue weighted by molar-refractivity contribution is 0.348. The SMILES string of the molecule is O=S(=O)(O)C1(F)C=CC(c2ccccc2)C=C1. The molecule has 3 nitrogen and oxygen atoms in total. The van der Waals surface area contributed by atoms with Crippen LogP contribution in [0.1, 0.15) is 11.5 Å². The molecule has 0 aliphatic heterocycles. The maximum atomic E-state index is 13.8. The first kappa shape index (κ1) is 12.0. The fraction of sp³-hybridized carbons (Fsp3) is 0.167. The monoisotopic (exact) mass is 254 g/mol. The van der Waals surface area contributed by atoms with Crippen LogP contribution in [0.2, 0.25) is 0 Å². The summed E-state index contributed by atoms with van der Waals surface area (Å²) in [7, 11) is -4.77. The van der Waals surface area contributed by atoms with Gasteiger partial charge in [0.25, 0.3) is 5.00 Å². The lowest BCUT2D eigenvalue weighted by atomic mass is 9.94. The van der Waals surface area contributed by atoms with Crippen molar-refractivity contribution in [2.24, 2.45) is 0 Å². The minimum atomic E-state index is -4.77. The molecular formula is C12H11FO3S. The molecule has 0 aromatic heterocycles. The van der Waals surface area contributed by atoms with E-state index in [1.165, 1.54) is 12.2 Å². The van der Waals surface area contributed by atoms with Crippen molar-refractivity contribution in [3.63, 3.8) is 0 Å². The highest BCUT2D eigenvalue weighted by Gasteiger charge is 2.40. The van der Waals surface area contributed by atoms with E-state index in [1.807, 2.05) is 30.3 Å². The van der Waals surface area contributed by atoms with Gasteiger partial charge in [0.15, 0.2) is 0 Å². The van der Waals surface area contributed by atoms with Gasteiger partial charge in [0, 0.05) is 5.92 Å². The number of halogens is 1. The van der Waals surface area contributed by atoms with E-state index >= 15 is 0 Å². The Morgan fingerprint density at radius 3 is 2.12 bits per heavy atom. The van der Waals surface area contributed by atoms with E-state index < -0.39 is 15.1 Å². The lowest BCUT2D eigenvalue weighted by Crippen LogP contribution is -2.30. The molecule has 0 heterocycles. The third-order valence-corrected chi connectivity index (χ3v) is 3.70. The van der Waals surface area contributed by atoms with E-state index in [0.29, 0.717) is 0 Å². The van der Waals surface area contributed by atoms with Crippen molar-refractivity contribution in [2.75, 3.05) is 0 Å². The molecule has 0 fully saturated rings. The van der Waals surface area contributed by atoms with E-state index in [9.17, 15) is 12.8 Å². The van der Waals surface area contributed by atoms with Gasteiger partial charge in [0.05, 0.1) is 0 Å². The second kappa shape index (κ2) is 4.09. The normalized spacial score (nSPS) is 28.2. The van der Waals surface area contributed by atoms with Crippen molar-refractivity contribution in [2.45, 2.75) is 10.9 Å². The molecule has 0 saturated heterocycles. The Hall–Kier alpha value is -1.46. The zero-order chi connectivity index (χ0) is 12.5. The summed E-state index contributed by atoms with van der Waals surface area (Å²) in [5.41, 5.74) is 0.928. The average molecular weight is 254 g/mol.